The molecule has 2 unspecified atom stereocenters. The largest absolute Gasteiger partial charge is 0.468 e. The molecular weight excluding hydrogens is 246 g/mol. The minimum absolute atomic E-state index is 0.0821. The van der Waals surface area contributed by atoms with E-state index >= 15 is 0 Å². The minimum Gasteiger partial charge on any atom is -0.468 e. The lowest BCUT2D eigenvalue weighted by Crippen LogP contribution is -2.53. The van der Waals surface area contributed by atoms with Gasteiger partial charge in [-0.15, -0.1) is 0 Å². The molecule has 0 aromatic carbocycles. The maximum absolute atomic E-state index is 12.0. The fourth-order valence-corrected chi connectivity index (χ4v) is 3.98. The number of thioether (sulfide) groups is 1. The third-order valence-corrected chi connectivity index (χ3v) is 5.30. The second kappa shape index (κ2) is 7.39. The van der Waals surface area contributed by atoms with Crippen LogP contribution in [0.15, 0.2) is 0 Å². The molecule has 18 heavy (non-hydrogen) atoms. The third kappa shape index (κ3) is 3.64. The standard InChI is InChI=1S/C14H27NO2S/c1-11(2)10-18-9-7-12-6-5-8-14(12,15-3)13(16)17-4/h11-12,15H,5-10H2,1-4H3. The first-order chi connectivity index (χ1) is 8.56. The van der Waals surface area contributed by atoms with Gasteiger partial charge < -0.3 is 10.1 Å². The van der Waals surface area contributed by atoms with Crippen molar-refractivity contribution in [3.63, 3.8) is 0 Å². The molecule has 106 valence electrons. The molecule has 4 heteroatoms. The molecule has 1 aliphatic rings. The molecule has 2 atom stereocenters. The first-order valence-corrected chi connectivity index (χ1v) is 8.07. The molecule has 0 aliphatic heterocycles. The summed E-state index contributed by atoms with van der Waals surface area (Å²) in [6, 6.07) is 0. The molecule has 0 heterocycles. The summed E-state index contributed by atoms with van der Waals surface area (Å²) in [6.45, 7) is 4.49. The molecule has 0 spiro atoms. The summed E-state index contributed by atoms with van der Waals surface area (Å²) in [5.74, 6) is 3.44. The number of hydrogen-bond acceptors (Lipinski definition) is 4. The number of rotatable bonds is 7. The van der Waals surface area contributed by atoms with Crippen molar-refractivity contribution < 1.29 is 9.53 Å². The van der Waals surface area contributed by atoms with Crippen LogP contribution in [0.25, 0.3) is 0 Å². The Hall–Kier alpha value is -0.220. The highest BCUT2D eigenvalue weighted by Gasteiger charge is 2.48. The van der Waals surface area contributed by atoms with Gasteiger partial charge in [-0.25, -0.2) is 0 Å². The van der Waals surface area contributed by atoms with E-state index in [1.165, 1.54) is 12.9 Å². The van der Waals surface area contributed by atoms with Gasteiger partial charge in [0.1, 0.15) is 5.54 Å². The fourth-order valence-electron chi connectivity index (χ4n) is 2.90. The van der Waals surface area contributed by atoms with E-state index in [1.807, 2.05) is 18.8 Å². The summed E-state index contributed by atoms with van der Waals surface area (Å²) in [5.41, 5.74) is -0.423. The van der Waals surface area contributed by atoms with E-state index in [9.17, 15) is 4.79 Å². The van der Waals surface area contributed by atoms with Gasteiger partial charge in [-0.3, -0.25) is 4.79 Å². The number of likely N-dealkylation sites (N-methyl/N-ethyl adjacent to an activating group) is 1. The molecule has 3 nitrogen and oxygen atoms in total. The van der Waals surface area contributed by atoms with E-state index in [0.29, 0.717) is 5.92 Å². The molecule has 0 radical (unpaired) electrons. The van der Waals surface area contributed by atoms with Gasteiger partial charge in [0.15, 0.2) is 0 Å². The smallest absolute Gasteiger partial charge is 0.326 e. The maximum Gasteiger partial charge on any atom is 0.326 e. The summed E-state index contributed by atoms with van der Waals surface area (Å²) >= 11 is 2.00. The highest BCUT2D eigenvalue weighted by atomic mass is 32.2. The Morgan fingerprint density at radius 3 is 2.83 bits per heavy atom. The van der Waals surface area contributed by atoms with Gasteiger partial charge in [0.2, 0.25) is 0 Å². The first-order valence-electron chi connectivity index (χ1n) is 6.92. The van der Waals surface area contributed by atoms with E-state index < -0.39 is 5.54 Å². The van der Waals surface area contributed by atoms with E-state index in [4.69, 9.17) is 4.74 Å². The average molecular weight is 273 g/mol. The lowest BCUT2D eigenvalue weighted by Gasteiger charge is -2.32. The Labute approximate surface area is 115 Å². The number of hydrogen-bond donors (Lipinski definition) is 1. The molecule has 0 saturated heterocycles. The van der Waals surface area contributed by atoms with Crippen LogP contribution in [0.5, 0.6) is 0 Å². The monoisotopic (exact) mass is 273 g/mol. The van der Waals surface area contributed by atoms with E-state index in [0.717, 1.165) is 37.4 Å². The van der Waals surface area contributed by atoms with Crippen molar-refractivity contribution in [2.24, 2.45) is 11.8 Å². The van der Waals surface area contributed by atoms with Gasteiger partial charge in [-0.1, -0.05) is 20.3 Å². The van der Waals surface area contributed by atoms with Gasteiger partial charge >= 0.3 is 5.97 Å². The van der Waals surface area contributed by atoms with Crippen molar-refractivity contribution >= 4 is 17.7 Å². The molecule has 0 aromatic heterocycles. The number of methoxy groups -OCH3 is 1. The topological polar surface area (TPSA) is 38.3 Å². The molecule has 0 amide bonds. The Morgan fingerprint density at radius 1 is 1.56 bits per heavy atom. The number of carbonyl (C=O) groups excluding carboxylic acids is 1. The number of carbonyl (C=O) groups is 1. The molecule has 0 bridgehead atoms. The highest BCUT2D eigenvalue weighted by Crippen LogP contribution is 2.39. The van der Waals surface area contributed by atoms with Crippen LogP contribution in [0.1, 0.15) is 39.5 Å². The lowest BCUT2D eigenvalue weighted by atomic mass is 9.85. The predicted molar refractivity (Wildman–Crippen MR) is 77.9 cm³/mol. The molecule has 0 aromatic rings. The Morgan fingerprint density at radius 2 is 2.28 bits per heavy atom. The maximum atomic E-state index is 12.0. The van der Waals surface area contributed by atoms with Crippen LogP contribution < -0.4 is 5.32 Å². The van der Waals surface area contributed by atoms with E-state index in [1.54, 1.807) is 0 Å². The fraction of sp³-hybridized carbons (Fsp3) is 0.929. The van der Waals surface area contributed by atoms with Crippen LogP contribution in [-0.4, -0.2) is 37.2 Å². The van der Waals surface area contributed by atoms with Crippen LogP contribution in [0.4, 0.5) is 0 Å². The zero-order valence-electron chi connectivity index (χ0n) is 12.1. The van der Waals surface area contributed by atoms with Gasteiger partial charge in [-0.05, 0) is 49.7 Å². The SMILES string of the molecule is CNC1(C(=O)OC)CCCC1CCSCC(C)C. The van der Waals surface area contributed by atoms with E-state index in [2.05, 4.69) is 19.2 Å². The zero-order valence-corrected chi connectivity index (χ0v) is 12.9. The van der Waals surface area contributed by atoms with Crippen LogP contribution >= 0.6 is 11.8 Å². The molecule has 1 fully saturated rings. The average Bonchev–Trinajstić information content (AvgIpc) is 2.77. The first kappa shape index (κ1) is 15.8. The van der Waals surface area contributed by atoms with Gasteiger partial charge in [0.25, 0.3) is 0 Å². The summed E-state index contributed by atoms with van der Waals surface area (Å²) in [6.07, 6.45) is 4.27. The van der Waals surface area contributed by atoms with Gasteiger partial charge in [0.05, 0.1) is 7.11 Å². The third-order valence-electron chi connectivity index (χ3n) is 3.88. The molecule has 1 rings (SSSR count). The number of esters is 1. The number of nitrogens with one attached hydrogen (secondary N) is 1. The van der Waals surface area contributed by atoms with E-state index in [-0.39, 0.29) is 5.97 Å². The zero-order chi connectivity index (χ0) is 13.6. The Bertz CT molecular complexity index is 271. The molecule has 1 aliphatic carbocycles. The molecule has 1 saturated carbocycles. The molecular formula is C14H27NO2S. The highest BCUT2D eigenvalue weighted by molar-refractivity contribution is 7.99. The van der Waals surface area contributed by atoms with Crippen LogP contribution in [0.2, 0.25) is 0 Å². The summed E-state index contributed by atoms with van der Waals surface area (Å²) < 4.78 is 4.99. The predicted octanol–water partition coefficient (Wildman–Crippen LogP) is 2.70. The van der Waals surface area contributed by atoms with Crippen molar-refractivity contribution in [3.05, 3.63) is 0 Å². The summed E-state index contributed by atoms with van der Waals surface area (Å²) in [5, 5.41) is 3.24. The Balaban J connectivity index is 2.50. The quantitative estimate of drug-likeness (QED) is 0.572. The van der Waals surface area contributed by atoms with Crippen molar-refractivity contribution in [3.8, 4) is 0 Å². The van der Waals surface area contributed by atoms with Crippen molar-refractivity contribution in [1.82, 2.24) is 5.32 Å². The lowest BCUT2D eigenvalue weighted by molar-refractivity contribution is -0.150. The van der Waals surface area contributed by atoms with Crippen molar-refractivity contribution in [1.29, 1.82) is 0 Å². The van der Waals surface area contributed by atoms with Gasteiger partial charge in [0, 0.05) is 0 Å². The second-order valence-corrected chi connectivity index (χ2v) is 6.71. The second-order valence-electron chi connectivity index (χ2n) is 5.56. The van der Waals surface area contributed by atoms with Crippen LogP contribution in [0.3, 0.4) is 0 Å². The summed E-state index contributed by atoms with van der Waals surface area (Å²) in [4.78, 5) is 12.0. The van der Waals surface area contributed by atoms with Crippen molar-refractivity contribution in [2.75, 3.05) is 25.7 Å². The minimum atomic E-state index is -0.423. The Kier molecular flexibility index (Phi) is 6.50. The van der Waals surface area contributed by atoms with Crippen LogP contribution in [0, 0.1) is 11.8 Å². The van der Waals surface area contributed by atoms with Crippen LogP contribution in [-0.2, 0) is 9.53 Å². The van der Waals surface area contributed by atoms with Crippen molar-refractivity contribution in [2.45, 2.75) is 45.1 Å². The van der Waals surface area contributed by atoms with Gasteiger partial charge in [-0.2, -0.15) is 11.8 Å². The number of ether oxygens (including phenoxy) is 1. The summed E-state index contributed by atoms with van der Waals surface area (Å²) in [7, 11) is 3.38. The molecule has 1 N–H and O–H groups in total. The normalized spacial score (nSPS) is 27.7.